The molecule has 2 fully saturated rings. The Balaban J connectivity index is 1.65. The van der Waals surface area contributed by atoms with E-state index in [0.717, 1.165) is 17.8 Å². The van der Waals surface area contributed by atoms with Gasteiger partial charge in [-0.1, -0.05) is 13.8 Å². The summed E-state index contributed by atoms with van der Waals surface area (Å²) in [6.07, 6.45) is 4.24. The number of rotatable bonds is 3. The van der Waals surface area contributed by atoms with Crippen molar-refractivity contribution in [2.24, 2.45) is 17.8 Å². The lowest BCUT2D eigenvalue weighted by atomic mass is 9.94. The van der Waals surface area contributed by atoms with E-state index in [1.54, 1.807) is 0 Å². The molecule has 2 saturated heterocycles. The van der Waals surface area contributed by atoms with Crippen LogP contribution >= 0.6 is 0 Å². The Morgan fingerprint density at radius 1 is 1.07 bits per heavy atom. The molecule has 0 aromatic heterocycles. The van der Waals surface area contributed by atoms with Crippen LogP contribution in [-0.2, 0) is 0 Å². The number of nitrogens with zero attached hydrogens (tertiary/aromatic N) is 1. The van der Waals surface area contributed by atoms with Crippen LogP contribution < -0.4 is 5.32 Å². The predicted octanol–water partition coefficient (Wildman–Crippen LogP) is 1.96. The van der Waals surface area contributed by atoms with Crippen molar-refractivity contribution in [1.29, 1.82) is 0 Å². The van der Waals surface area contributed by atoms with Crippen molar-refractivity contribution in [2.75, 3.05) is 32.7 Å². The van der Waals surface area contributed by atoms with Crippen molar-refractivity contribution in [3.8, 4) is 0 Å². The van der Waals surface area contributed by atoms with Gasteiger partial charge in [0.2, 0.25) is 0 Å². The van der Waals surface area contributed by atoms with Gasteiger partial charge in [0.05, 0.1) is 0 Å². The lowest BCUT2D eigenvalue weighted by Crippen LogP contribution is -2.30. The number of hydrogen-bond donors (Lipinski definition) is 1. The van der Waals surface area contributed by atoms with Crippen LogP contribution in [0.4, 0.5) is 0 Å². The van der Waals surface area contributed by atoms with Gasteiger partial charge in [0, 0.05) is 13.1 Å². The lowest BCUT2D eigenvalue weighted by molar-refractivity contribution is 0.264. The number of nitrogens with one attached hydrogen (secondary N) is 1. The van der Waals surface area contributed by atoms with E-state index in [1.807, 2.05) is 0 Å². The van der Waals surface area contributed by atoms with Gasteiger partial charge in [0.25, 0.3) is 0 Å². The van der Waals surface area contributed by atoms with Crippen LogP contribution in [0.25, 0.3) is 0 Å². The summed E-state index contributed by atoms with van der Waals surface area (Å²) in [5.41, 5.74) is 0. The van der Waals surface area contributed by atoms with Crippen molar-refractivity contribution < 1.29 is 0 Å². The van der Waals surface area contributed by atoms with Crippen LogP contribution in [0.3, 0.4) is 0 Å². The first-order chi connectivity index (χ1) is 7.25. The molecule has 15 heavy (non-hydrogen) atoms. The Bertz CT molecular complexity index is 177. The van der Waals surface area contributed by atoms with Gasteiger partial charge in [-0.3, -0.25) is 0 Å². The normalized spacial score (nSPS) is 34.8. The van der Waals surface area contributed by atoms with Crippen molar-refractivity contribution >= 4 is 0 Å². The molecule has 2 atom stereocenters. The topological polar surface area (TPSA) is 15.3 Å². The number of piperidine rings is 1. The average Bonchev–Trinajstić information content (AvgIpc) is 2.57. The average molecular weight is 210 g/mol. The molecule has 0 aromatic rings. The molecule has 2 aliphatic rings. The van der Waals surface area contributed by atoms with Crippen LogP contribution in [0.1, 0.15) is 33.1 Å². The molecule has 0 amide bonds. The fraction of sp³-hybridized carbons (Fsp3) is 1.00. The number of hydrogen-bond acceptors (Lipinski definition) is 2. The molecule has 0 radical (unpaired) electrons. The molecule has 2 heteroatoms. The summed E-state index contributed by atoms with van der Waals surface area (Å²) in [4.78, 5) is 2.68. The largest absolute Gasteiger partial charge is 0.317 e. The second kappa shape index (κ2) is 5.31. The second-order valence-corrected chi connectivity index (χ2v) is 5.70. The molecule has 2 nitrogen and oxygen atoms in total. The molecule has 2 rings (SSSR count). The van der Waals surface area contributed by atoms with Gasteiger partial charge < -0.3 is 10.2 Å². The summed E-state index contributed by atoms with van der Waals surface area (Å²) in [6, 6.07) is 0. The quantitative estimate of drug-likeness (QED) is 0.766. The minimum atomic E-state index is 0.915. The minimum absolute atomic E-state index is 0.915. The number of likely N-dealkylation sites (tertiary alicyclic amines) is 1. The first-order valence-corrected chi connectivity index (χ1v) is 6.69. The van der Waals surface area contributed by atoms with Crippen molar-refractivity contribution in [3.63, 3.8) is 0 Å². The SMILES string of the molecule is CC1CN(CCC2CCNCC2)CC1C. The van der Waals surface area contributed by atoms with E-state index in [2.05, 4.69) is 24.1 Å². The van der Waals surface area contributed by atoms with Gasteiger partial charge in [-0.15, -0.1) is 0 Å². The van der Waals surface area contributed by atoms with Crippen molar-refractivity contribution in [1.82, 2.24) is 10.2 Å². The molecule has 0 spiro atoms. The molecule has 0 aromatic carbocycles. The highest BCUT2D eigenvalue weighted by Crippen LogP contribution is 2.24. The van der Waals surface area contributed by atoms with E-state index >= 15 is 0 Å². The molecule has 2 heterocycles. The van der Waals surface area contributed by atoms with E-state index in [0.29, 0.717) is 0 Å². The molecule has 2 unspecified atom stereocenters. The predicted molar refractivity (Wildman–Crippen MR) is 65.0 cm³/mol. The first-order valence-electron chi connectivity index (χ1n) is 6.69. The summed E-state index contributed by atoms with van der Waals surface area (Å²) >= 11 is 0. The fourth-order valence-electron chi connectivity index (χ4n) is 2.97. The molecule has 0 aliphatic carbocycles. The summed E-state index contributed by atoms with van der Waals surface area (Å²) in [6.45, 7) is 11.3. The Morgan fingerprint density at radius 3 is 2.27 bits per heavy atom. The van der Waals surface area contributed by atoms with Crippen LogP contribution in [0.5, 0.6) is 0 Å². The summed E-state index contributed by atoms with van der Waals surface area (Å²) in [5.74, 6) is 2.83. The Labute approximate surface area is 94.4 Å². The highest BCUT2D eigenvalue weighted by atomic mass is 15.1. The highest BCUT2D eigenvalue weighted by molar-refractivity contribution is 4.79. The third-order valence-corrected chi connectivity index (χ3v) is 4.38. The lowest BCUT2D eigenvalue weighted by Gasteiger charge is -2.25. The van der Waals surface area contributed by atoms with Crippen LogP contribution in [0.2, 0.25) is 0 Å². The molecule has 88 valence electrons. The molecular formula is C13H26N2. The highest BCUT2D eigenvalue weighted by Gasteiger charge is 2.26. The third-order valence-electron chi connectivity index (χ3n) is 4.38. The zero-order valence-corrected chi connectivity index (χ0v) is 10.3. The standard InChI is InChI=1S/C13H26N2/c1-11-9-15(10-12(11)2)8-5-13-3-6-14-7-4-13/h11-14H,3-10H2,1-2H3. The zero-order valence-electron chi connectivity index (χ0n) is 10.3. The van der Waals surface area contributed by atoms with Crippen molar-refractivity contribution in [3.05, 3.63) is 0 Å². The molecule has 1 N–H and O–H groups in total. The maximum Gasteiger partial charge on any atom is 0.00102 e. The molecule has 2 aliphatic heterocycles. The zero-order chi connectivity index (χ0) is 10.7. The minimum Gasteiger partial charge on any atom is -0.317 e. The summed E-state index contributed by atoms with van der Waals surface area (Å²) in [5, 5.41) is 3.44. The van der Waals surface area contributed by atoms with Crippen LogP contribution in [0, 0.1) is 17.8 Å². The van der Waals surface area contributed by atoms with Gasteiger partial charge in [0.15, 0.2) is 0 Å². The smallest absolute Gasteiger partial charge is 0.00102 e. The van der Waals surface area contributed by atoms with E-state index in [1.165, 1.54) is 52.0 Å². The van der Waals surface area contributed by atoms with E-state index in [4.69, 9.17) is 0 Å². The van der Waals surface area contributed by atoms with Gasteiger partial charge in [-0.05, 0) is 56.7 Å². The summed E-state index contributed by atoms with van der Waals surface area (Å²) < 4.78 is 0. The van der Waals surface area contributed by atoms with Gasteiger partial charge in [0.1, 0.15) is 0 Å². The summed E-state index contributed by atoms with van der Waals surface area (Å²) in [7, 11) is 0. The Kier molecular flexibility index (Phi) is 4.04. The maximum atomic E-state index is 3.44. The Hall–Kier alpha value is -0.0800. The molecular weight excluding hydrogens is 184 g/mol. The first kappa shape index (κ1) is 11.4. The molecule has 0 saturated carbocycles. The van der Waals surface area contributed by atoms with E-state index in [-0.39, 0.29) is 0 Å². The molecule has 0 bridgehead atoms. The monoisotopic (exact) mass is 210 g/mol. The van der Waals surface area contributed by atoms with E-state index in [9.17, 15) is 0 Å². The third kappa shape index (κ3) is 3.18. The van der Waals surface area contributed by atoms with E-state index < -0.39 is 0 Å². The maximum absolute atomic E-state index is 3.44. The van der Waals surface area contributed by atoms with Gasteiger partial charge in [-0.25, -0.2) is 0 Å². The van der Waals surface area contributed by atoms with Crippen LogP contribution in [-0.4, -0.2) is 37.6 Å². The van der Waals surface area contributed by atoms with Gasteiger partial charge >= 0.3 is 0 Å². The fourth-order valence-corrected chi connectivity index (χ4v) is 2.97. The second-order valence-electron chi connectivity index (χ2n) is 5.70. The van der Waals surface area contributed by atoms with Gasteiger partial charge in [-0.2, -0.15) is 0 Å². The Morgan fingerprint density at radius 2 is 1.67 bits per heavy atom. The van der Waals surface area contributed by atoms with Crippen molar-refractivity contribution in [2.45, 2.75) is 33.1 Å². The van der Waals surface area contributed by atoms with Crippen LogP contribution in [0.15, 0.2) is 0 Å².